The molecule has 3 amide bonds. The maximum absolute atomic E-state index is 12.9. The number of urea groups is 1. The summed E-state index contributed by atoms with van der Waals surface area (Å²) < 4.78 is 40.0. The van der Waals surface area contributed by atoms with Gasteiger partial charge in [0, 0.05) is 36.4 Å². The fraction of sp³-hybridized carbons (Fsp3) is 0.318. The van der Waals surface area contributed by atoms with Crippen molar-refractivity contribution < 1.29 is 22.8 Å². The van der Waals surface area contributed by atoms with Crippen LogP contribution in [0.25, 0.3) is 5.52 Å². The van der Waals surface area contributed by atoms with Crippen LogP contribution in [0.3, 0.4) is 0 Å². The number of carbonyl (C=O) groups excluding carboxylic acids is 2. The minimum Gasteiger partial charge on any atom is -0.397 e. The predicted molar refractivity (Wildman–Crippen MR) is 115 cm³/mol. The summed E-state index contributed by atoms with van der Waals surface area (Å²) in [6, 6.07) is 7.32. The third kappa shape index (κ3) is 3.83. The molecule has 2 fully saturated rings. The van der Waals surface area contributed by atoms with Crippen LogP contribution in [0.2, 0.25) is 0 Å². The first-order valence-electron chi connectivity index (χ1n) is 10.4. The molecule has 2 aliphatic rings. The molecule has 11 heteroatoms. The number of hydrogen-bond donors (Lipinski definition) is 3. The number of carbonyl (C=O) groups is 2. The third-order valence-electron chi connectivity index (χ3n) is 6.28. The molecule has 33 heavy (non-hydrogen) atoms. The highest BCUT2D eigenvalue weighted by molar-refractivity contribution is 6.03. The topological polar surface area (TPSA) is 105 Å². The maximum atomic E-state index is 12.9. The predicted octanol–water partition coefficient (Wildman–Crippen LogP) is 3.36. The molecule has 1 saturated heterocycles. The Balaban J connectivity index is 1.13. The van der Waals surface area contributed by atoms with Gasteiger partial charge in [0.25, 0.3) is 5.91 Å². The molecule has 8 nitrogen and oxygen atoms in total. The van der Waals surface area contributed by atoms with Crippen LogP contribution >= 0.6 is 0 Å². The number of aromatic nitrogens is 2. The van der Waals surface area contributed by atoms with Gasteiger partial charge in [0.2, 0.25) is 0 Å². The van der Waals surface area contributed by atoms with Gasteiger partial charge in [-0.25, -0.2) is 9.31 Å². The Bertz CT molecular complexity index is 1240. The molecule has 0 atom stereocenters. The summed E-state index contributed by atoms with van der Waals surface area (Å²) in [6.45, 7) is 1.15. The Morgan fingerprint density at radius 3 is 2.64 bits per heavy atom. The van der Waals surface area contributed by atoms with E-state index in [0.29, 0.717) is 42.7 Å². The monoisotopic (exact) mass is 458 g/mol. The van der Waals surface area contributed by atoms with Crippen LogP contribution in [0.4, 0.5) is 29.3 Å². The van der Waals surface area contributed by atoms with Crippen molar-refractivity contribution in [2.24, 2.45) is 5.41 Å². The van der Waals surface area contributed by atoms with Crippen molar-refractivity contribution >= 4 is 28.8 Å². The molecular formula is C22H21F3N6O2. The minimum atomic E-state index is -4.48. The van der Waals surface area contributed by atoms with E-state index >= 15 is 0 Å². The molecule has 3 heterocycles. The zero-order valence-corrected chi connectivity index (χ0v) is 17.4. The summed E-state index contributed by atoms with van der Waals surface area (Å²) >= 11 is 0. The Kier molecular flexibility index (Phi) is 4.73. The van der Waals surface area contributed by atoms with Gasteiger partial charge in [0.15, 0.2) is 0 Å². The van der Waals surface area contributed by atoms with Crippen LogP contribution in [0, 0.1) is 5.41 Å². The highest BCUT2D eigenvalue weighted by Crippen LogP contribution is 2.49. The largest absolute Gasteiger partial charge is 0.416 e. The van der Waals surface area contributed by atoms with E-state index in [-0.39, 0.29) is 23.1 Å². The zero-order valence-electron chi connectivity index (χ0n) is 17.4. The highest BCUT2D eigenvalue weighted by atomic mass is 19.4. The standard InChI is InChI=1S/C22H21F3N6O2/c23-22(24,25)13-3-1-4-14(7-13)28-20(33)29-15-8-21(9-15)11-30(12-21)19(32)16-10-27-31-6-2-5-17(26)18(16)31/h1-7,10,15H,8-9,11-12,26H2,(H2,28,29,33). The van der Waals surface area contributed by atoms with Crippen molar-refractivity contribution in [3.63, 3.8) is 0 Å². The molecule has 1 saturated carbocycles. The molecule has 1 aliphatic heterocycles. The molecule has 1 spiro atoms. The number of amides is 3. The van der Waals surface area contributed by atoms with E-state index in [2.05, 4.69) is 15.7 Å². The fourth-order valence-electron chi connectivity index (χ4n) is 4.78. The SMILES string of the molecule is Nc1cccn2ncc(C(=O)N3CC4(CC(NC(=O)Nc5cccc(C(F)(F)F)c5)C4)C3)c12. The lowest BCUT2D eigenvalue weighted by Crippen LogP contribution is -2.67. The van der Waals surface area contributed by atoms with Gasteiger partial charge in [0.1, 0.15) is 5.52 Å². The maximum Gasteiger partial charge on any atom is 0.416 e. The second kappa shape index (κ2) is 7.39. The van der Waals surface area contributed by atoms with Gasteiger partial charge in [-0.05, 0) is 43.2 Å². The molecule has 5 rings (SSSR count). The molecule has 1 aromatic carbocycles. The van der Waals surface area contributed by atoms with Gasteiger partial charge in [0.05, 0.1) is 23.0 Å². The number of nitrogens with two attached hydrogens (primary N) is 1. The molecular weight excluding hydrogens is 437 g/mol. The molecule has 4 N–H and O–H groups in total. The van der Waals surface area contributed by atoms with Crippen LogP contribution in [0.5, 0.6) is 0 Å². The first-order chi connectivity index (χ1) is 15.6. The Morgan fingerprint density at radius 2 is 1.91 bits per heavy atom. The summed E-state index contributed by atoms with van der Waals surface area (Å²) in [5, 5.41) is 9.42. The summed E-state index contributed by atoms with van der Waals surface area (Å²) in [5.41, 5.74) is 6.73. The van der Waals surface area contributed by atoms with Crippen molar-refractivity contribution in [1.29, 1.82) is 0 Å². The number of fused-ring (bicyclic) bond motifs is 1. The van der Waals surface area contributed by atoms with Crippen molar-refractivity contribution in [3.8, 4) is 0 Å². The third-order valence-corrected chi connectivity index (χ3v) is 6.28. The summed E-state index contributed by atoms with van der Waals surface area (Å²) in [5.74, 6) is -0.132. The molecule has 172 valence electrons. The number of nitrogens with zero attached hydrogens (tertiary/aromatic N) is 3. The number of hydrogen-bond acceptors (Lipinski definition) is 4. The van der Waals surface area contributed by atoms with E-state index in [9.17, 15) is 22.8 Å². The highest BCUT2D eigenvalue weighted by Gasteiger charge is 2.54. The second-order valence-corrected chi connectivity index (χ2v) is 8.76. The molecule has 2 aromatic heterocycles. The molecule has 3 aromatic rings. The van der Waals surface area contributed by atoms with Crippen molar-refractivity contribution in [2.45, 2.75) is 25.1 Å². The smallest absolute Gasteiger partial charge is 0.397 e. The van der Waals surface area contributed by atoms with Gasteiger partial charge in [-0.3, -0.25) is 4.79 Å². The van der Waals surface area contributed by atoms with Gasteiger partial charge < -0.3 is 21.3 Å². The van der Waals surface area contributed by atoms with Crippen LogP contribution in [-0.4, -0.2) is 45.6 Å². The number of nitrogen functional groups attached to an aromatic ring is 1. The van der Waals surface area contributed by atoms with Crippen molar-refractivity contribution in [2.75, 3.05) is 24.1 Å². The Morgan fingerprint density at radius 1 is 1.15 bits per heavy atom. The van der Waals surface area contributed by atoms with E-state index < -0.39 is 17.8 Å². The van der Waals surface area contributed by atoms with Crippen molar-refractivity contribution in [3.05, 3.63) is 59.9 Å². The summed E-state index contributed by atoms with van der Waals surface area (Å²) in [6.07, 6.45) is 0.166. The zero-order chi connectivity index (χ0) is 23.4. The number of halogens is 3. The fourth-order valence-corrected chi connectivity index (χ4v) is 4.78. The normalized spacial score (nSPS) is 17.5. The summed E-state index contributed by atoms with van der Waals surface area (Å²) in [7, 11) is 0. The molecule has 0 unspecified atom stereocenters. The second-order valence-electron chi connectivity index (χ2n) is 8.76. The van der Waals surface area contributed by atoms with Gasteiger partial charge in [-0.1, -0.05) is 6.07 Å². The first kappa shape index (κ1) is 21.1. The number of alkyl halides is 3. The van der Waals surface area contributed by atoms with Crippen molar-refractivity contribution in [1.82, 2.24) is 19.8 Å². The number of nitrogens with one attached hydrogen (secondary N) is 2. The van der Waals surface area contributed by atoms with E-state index in [1.165, 1.54) is 18.3 Å². The number of pyridine rings is 1. The average Bonchev–Trinajstić information content (AvgIpc) is 3.13. The van der Waals surface area contributed by atoms with Gasteiger partial charge in [-0.2, -0.15) is 18.3 Å². The lowest BCUT2D eigenvalue weighted by atomic mass is 9.60. The first-order valence-corrected chi connectivity index (χ1v) is 10.4. The molecule has 0 radical (unpaired) electrons. The quantitative estimate of drug-likeness (QED) is 0.560. The van der Waals surface area contributed by atoms with Gasteiger partial charge >= 0.3 is 12.2 Å². The average molecular weight is 458 g/mol. The minimum absolute atomic E-state index is 0.0433. The van der Waals surface area contributed by atoms with Crippen LogP contribution < -0.4 is 16.4 Å². The number of rotatable bonds is 3. The van der Waals surface area contributed by atoms with E-state index in [1.54, 1.807) is 27.7 Å². The van der Waals surface area contributed by atoms with Crippen LogP contribution in [0.15, 0.2) is 48.8 Å². The van der Waals surface area contributed by atoms with Crippen LogP contribution in [0.1, 0.15) is 28.8 Å². The van der Waals surface area contributed by atoms with Crippen LogP contribution in [-0.2, 0) is 6.18 Å². The van der Waals surface area contributed by atoms with E-state index in [0.717, 1.165) is 12.1 Å². The molecule has 0 bridgehead atoms. The summed E-state index contributed by atoms with van der Waals surface area (Å²) in [4.78, 5) is 26.8. The lowest BCUT2D eigenvalue weighted by Gasteiger charge is -2.58. The number of anilines is 2. The Labute approximate surface area is 186 Å². The lowest BCUT2D eigenvalue weighted by molar-refractivity contribution is -0.137. The van der Waals surface area contributed by atoms with Gasteiger partial charge in [-0.15, -0.1) is 0 Å². The number of benzene rings is 1. The molecule has 1 aliphatic carbocycles. The Hall–Kier alpha value is -3.76. The van der Waals surface area contributed by atoms with E-state index in [4.69, 9.17) is 5.73 Å². The number of likely N-dealkylation sites (tertiary alicyclic amines) is 1. The van der Waals surface area contributed by atoms with E-state index in [1.807, 2.05) is 0 Å².